The van der Waals surface area contributed by atoms with Gasteiger partial charge >= 0.3 is 6.18 Å². The Morgan fingerprint density at radius 2 is 1.68 bits per heavy atom. The Hall–Kier alpha value is -3.16. The van der Waals surface area contributed by atoms with E-state index in [1.54, 1.807) is 6.07 Å². The van der Waals surface area contributed by atoms with Crippen LogP contribution in [0.3, 0.4) is 0 Å². The Labute approximate surface area is 278 Å². The van der Waals surface area contributed by atoms with E-state index in [4.69, 9.17) is 9.84 Å². The molecule has 1 saturated carbocycles. The van der Waals surface area contributed by atoms with Gasteiger partial charge in [-0.2, -0.15) is 13.2 Å². The number of amides is 1. The fourth-order valence-corrected chi connectivity index (χ4v) is 5.28. The fourth-order valence-electron chi connectivity index (χ4n) is 5.28. The number of carbonyl (C=O) groups excluding carboxylic acids is 1. The van der Waals surface area contributed by atoms with Crippen LogP contribution in [0.15, 0.2) is 48.6 Å². The summed E-state index contributed by atoms with van der Waals surface area (Å²) in [6.45, 7) is 9.12. The summed E-state index contributed by atoms with van der Waals surface area (Å²) in [5.74, 6) is 1.10. The van der Waals surface area contributed by atoms with Crippen molar-refractivity contribution in [2.45, 2.75) is 77.3 Å². The third-order valence-electron chi connectivity index (χ3n) is 7.79. The zero-order valence-corrected chi connectivity index (χ0v) is 28.1. The van der Waals surface area contributed by atoms with Gasteiger partial charge in [-0.15, -0.1) is 10.1 Å². The third-order valence-corrected chi connectivity index (χ3v) is 7.79. The van der Waals surface area contributed by atoms with Crippen molar-refractivity contribution in [3.63, 3.8) is 0 Å². The minimum absolute atomic E-state index is 0.145. The number of carbonyl (C=O) groups is 1. The number of allylic oxidation sites excluding steroid dienone is 3. The van der Waals surface area contributed by atoms with Crippen LogP contribution in [0.4, 0.5) is 13.2 Å². The number of nitrogens with zero attached hydrogens (tertiary/aromatic N) is 3. The van der Waals surface area contributed by atoms with Crippen molar-refractivity contribution in [3.05, 3.63) is 64.2 Å². The second-order valence-electron chi connectivity index (χ2n) is 11.4. The standard InChI is InChI=1S/C17H32N4O4.C16H19F3O.CH4O/c1-2-3-4-5-8-17(22)18-9-6-10-19-12-14-20(15-13-19)11-7-16-25-21(23)24;17-16(18,19)14-9-5-10-15(12-14)20-11-4-3-8-13-6-1-2-7-13;1-2/h2-3H,4-16H2,1H3,(H,18,22);3,5,8-10,12-13H,1-2,4,6-7,11H2;2H,1H3/b3-2-;8-3+;. The van der Waals surface area contributed by atoms with E-state index < -0.39 is 16.8 Å². The van der Waals surface area contributed by atoms with E-state index in [2.05, 4.69) is 38.2 Å². The van der Waals surface area contributed by atoms with Crippen molar-refractivity contribution in [3.8, 4) is 5.75 Å². The number of rotatable bonds is 18. The Morgan fingerprint density at radius 1 is 1.02 bits per heavy atom. The lowest BCUT2D eigenvalue weighted by atomic mass is 10.1. The Morgan fingerprint density at radius 3 is 2.30 bits per heavy atom. The average molecular weight is 673 g/mol. The van der Waals surface area contributed by atoms with Crippen LogP contribution >= 0.6 is 0 Å². The molecule has 47 heavy (non-hydrogen) atoms. The Balaban J connectivity index is 0.000000455. The molecule has 0 unspecified atom stereocenters. The number of benzene rings is 1. The predicted molar refractivity (Wildman–Crippen MR) is 178 cm³/mol. The molecule has 3 rings (SSSR count). The zero-order valence-electron chi connectivity index (χ0n) is 28.1. The SMILES string of the molecule is C/C=C\CCCC(=O)NCCCN1CCN(CCCO[N+](=O)[O-])CC1.CO.FC(F)(F)c1cccc(OCC/C=C/C2CCCC2)c1. The van der Waals surface area contributed by atoms with Crippen molar-refractivity contribution >= 4 is 5.91 Å². The van der Waals surface area contributed by atoms with Crippen LogP contribution in [0.25, 0.3) is 0 Å². The molecular weight excluding hydrogens is 617 g/mol. The number of hydrogen-bond acceptors (Lipinski definition) is 8. The van der Waals surface area contributed by atoms with Crippen molar-refractivity contribution in [2.24, 2.45) is 5.92 Å². The summed E-state index contributed by atoms with van der Waals surface area (Å²) in [4.78, 5) is 30.8. The largest absolute Gasteiger partial charge is 0.493 e. The molecule has 268 valence electrons. The first-order valence-electron chi connectivity index (χ1n) is 16.7. The highest BCUT2D eigenvalue weighted by Gasteiger charge is 2.30. The molecule has 1 heterocycles. The average Bonchev–Trinajstić information content (AvgIpc) is 3.59. The number of hydrogen-bond donors (Lipinski definition) is 2. The number of piperazine rings is 1. The number of nitrogens with one attached hydrogen (secondary N) is 1. The summed E-state index contributed by atoms with van der Waals surface area (Å²) >= 11 is 0. The normalized spacial score (nSPS) is 16.0. The number of halogens is 3. The molecule has 0 spiro atoms. The molecule has 0 aromatic heterocycles. The van der Waals surface area contributed by atoms with Gasteiger partial charge in [-0.05, 0) is 82.5 Å². The summed E-state index contributed by atoms with van der Waals surface area (Å²) in [5.41, 5.74) is -0.670. The minimum atomic E-state index is -4.32. The first-order chi connectivity index (χ1) is 22.7. The van der Waals surface area contributed by atoms with Crippen molar-refractivity contribution in [1.29, 1.82) is 0 Å². The highest BCUT2D eigenvalue weighted by Crippen LogP contribution is 2.31. The molecule has 1 aliphatic carbocycles. The molecular formula is C34H55F3N4O6. The van der Waals surface area contributed by atoms with Gasteiger partial charge in [0.2, 0.25) is 5.91 Å². The number of aliphatic hydroxyl groups excluding tert-OH is 1. The third kappa shape index (κ3) is 21.4. The molecule has 13 heteroatoms. The molecule has 0 bridgehead atoms. The molecule has 1 amide bonds. The van der Waals surface area contributed by atoms with E-state index in [0.29, 0.717) is 25.4 Å². The van der Waals surface area contributed by atoms with Gasteiger partial charge in [0.05, 0.1) is 18.8 Å². The molecule has 10 nitrogen and oxygen atoms in total. The quantitative estimate of drug-likeness (QED) is 0.0810. The summed E-state index contributed by atoms with van der Waals surface area (Å²) in [5, 5.41) is 19.3. The zero-order chi connectivity index (χ0) is 34.8. The highest BCUT2D eigenvalue weighted by molar-refractivity contribution is 5.75. The molecule has 1 aliphatic heterocycles. The predicted octanol–water partition coefficient (Wildman–Crippen LogP) is 6.28. The smallest absolute Gasteiger partial charge is 0.416 e. The molecule has 2 aliphatic rings. The lowest BCUT2D eigenvalue weighted by Gasteiger charge is -2.34. The van der Waals surface area contributed by atoms with E-state index in [1.807, 2.05) is 13.0 Å². The fraction of sp³-hybridized carbons (Fsp3) is 0.676. The molecule has 2 fully saturated rings. The van der Waals surface area contributed by atoms with Crippen molar-refractivity contribution in [1.82, 2.24) is 15.1 Å². The topological polar surface area (TPSA) is 117 Å². The first-order valence-corrected chi connectivity index (χ1v) is 16.7. The maximum atomic E-state index is 12.5. The van der Waals surface area contributed by atoms with Gasteiger partial charge in [0.15, 0.2) is 0 Å². The monoisotopic (exact) mass is 672 g/mol. The van der Waals surface area contributed by atoms with Gasteiger partial charge in [-0.25, -0.2) is 0 Å². The first kappa shape index (κ1) is 41.9. The van der Waals surface area contributed by atoms with Gasteiger partial charge in [0, 0.05) is 52.8 Å². The van der Waals surface area contributed by atoms with Crippen LogP contribution in [0, 0.1) is 16.0 Å². The van der Waals surface area contributed by atoms with Gasteiger partial charge in [-0.3, -0.25) is 4.79 Å². The van der Waals surface area contributed by atoms with E-state index >= 15 is 0 Å². The Bertz CT molecular complexity index is 1030. The van der Waals surface area contributed by atoms with E-state index in [1.165, 1.54) is 31.7 Å². The lowest BCUT2D eigenvalue weighted by Crippen LogP contribution is -2.47. The number of aliphatic hydroxyl groups is 1. The molecule has 0 radical (unpaired) electrons. The molecule has 1 aromatic rings. The summed E-state index contributed by atoms with van der Waals surface area (Å²) in [6.07, 6.45) is 14.0. The van der Waals surface area contributed by atoms with Gasteiger partial charge in [-0.1, -0.05) is 43.2 Å². The Kier molecular flexibility index (Phi) is 23.0. The number of unbranched alkanes of at least 4 members (excludes halogenated alkanes) is 1. The summed E-state index contributed by atoms with van der Waals surface area (Å²) < 4.78 is 42.9. The maximum Gasteiger partial charge on any atom is 0.416 e. The van der Waals surface area contributed by atoms with Crippen LogP contribution in [-0.4, -0.2) is 92.0 Å². The second-order valence-corrected chi connectivity index (χ2v) is 11.4. The molecule has 1 aromatic carbocycles. The molecule has 1 saturated heterocycles. The summed E-state index contributed by atoms with van der Waals surface area (Å²) in [7, 11) is 1.00. The lowest BCUT2D eigenvalue weighted by molar-refractivity contribution is -0.757. The molecule has 0 atom stereocenters. The van der Waals surface area contributed by atoms with Gasteiger partial charge in [0.1, 0.15) is 5.75 Å². The van der Waals surface area contributed by atoms with Crippen LogP contribution in [0.5, 0.6) is 5.75 Å². The maximum absolute atomic E-state index is 12.5. The van der Waals surface area contributed by atoms with Gasteiger partial charge in [0.25, 0.3) is 5.09 Å². The van der Waals surface area contributed by atoms with Gasteiger partial charge < -0.3 is 29.8 Å². The van der Waals surface area contributed by atoms with Crippen LogP contribution in [-0.2, 0) is 15.8 Å². The van der Waals surface area contributed by atoms with Crippen LogP contribution < -0.4 is 10.1 Å². The van der Waals surface area contributed by atoms with Crippen molar-refractivity contribution in [2.75, 3.05) is 66.1 Å². The second kappa shape index (κ2) is 25.9. The summed E-state index contributed by atoms with van der Waals surface area (Å²) in [6, 6.07) is 5.01. The van der Waals surface area contributed by atoms with Crippen LogP contribution in [0.1, 0.15) is 76.7 Å². The minimum Gasteiger partial charge on any atom is -0.493 e. The number of ether oxygens (including phenoxy) is 1. The number of alkyl halides is 3. The highest BCUT2D eigenvalue weighted by atomic mass is 19.4. The molecule has 2 N–H and O–H groups in total. The van der Waals surface area contributed by atoms with E-state index in [-0.39, 0.29) is 18.3 Å². The van der Waals surface area contributed by atoms with Crippen molar-refractivity contribution < 1.29 is 37.7 Å². The van der Waals surface area contributed by atoms with E-state index in [9.17, 15) is 28.1 Å². The van der Waals surface area contributed by atoms with E-state index in [0.717, 1.165) is 90.7 Å². The van der Waals surface area contributed by atoms with Crippen LogP contribution in [0.2, 0.25) is 0 Å².